The number of carbonyl (C=O) groups is 2. The molecular weight excluding hydrogens is 542 g/mol. The van der Waals surface area contributed by atoms with E-state index in [1.807, 2.05) is 13.0 Å². The Morgan fingerprint density at radius 3 is 2.52 bits per heavy atom. The van der Waals surface area contributed by atoms with Crippen LogP contribution >= 0.6 is 0 Å². The van der Waals surface area contributed by atoms with E-state index in [9.17, 15) is 18.4 Å². The minimum Gasteiger partial charge on any atom is -0.474 e. The highest BCUT2D eigenvalue weighted by Crippen LogP contribution is 2.43. The summed E-state index contributed by atoms with van der Waals surface area (Å²) in [6.45, 7) is 1.98. The zero-order chi connectivity index (χ0) is 29.3. The van der Waals surface area contributed by atoms with Gasteiger partial charge in [0.15, 0.2) is 5.65 Å². The second kappa shape index (κ2) is 11.9. The highest BCUT2D eigenvalue weighted by Gasteiger charge is 2.40. The van der Waals surface area contributed by atoms with Crippen molar-refractivity contribution in [2.75, 3.05) is 0 Å². The van der Waals surface area contributed by atoms with Gasteiger partial charge in [0.2, 0.25) is 17.7 Å². The second-order valence-corrected chi connectivity index (χ2v) is 12.1. The number of alkyl halides is 2. The highest BCUT2D eigenvalue weighted by molar-refractivity contribution is 5.94. The lowest BCUT2D eigenvalue weighted by Crippen LogP contribution is -2.37. The fourth-order valence-corrected chi connectivity index (χ4v) is 5.93. The number of ether oxygens (including phenoxy) is 1. The molecule has 0 bridgehead atoms. The van der Waals surface area contributed by atoms with Gasteiger partial charge in [0.25, 0.3) is 5.91 Å². The summed E-state index contributed by atoms with van der Waals surface area (Å²) in [6, 6.07) is 4.47. The maximum atomic E-state index is 14.1. The molecule has 0 unspecified atom stereocenters. The quantitative estimate of drug-likeness (QED) is 0.300. The number of hydrogen-bond donors (Lipinski definition) is 2. The maximum absolute atomic E-state index is 14.1. The Morgan fingerprint density at radius 1 is 1.07 bits per heavy atom. The summed E-state index contributed by atoms with van der Waals surface area (Å²) in [6.07, 6.45) is 11.7. The van der Waals surface area contributed by atoms with Crippen LogP contribution in [0.25, 0.3) is 5.65 Å². The third kappa shape index (κ3) is 6.55. The van der Waals surface area contributed by atoms with Gasteiger partial charge in [-0.25, -0.2) is 23.3 Å². The predicted octanol–water partition coefficient (Wildman–Crippen LogP) is 5.72. The van der Waals surface area contributed by atoms with E-state index >= 15 is 0 Å². The van der Waals surface area contributed by atoms with E-state index in [1.165, 1.54) is 0 Å². The summed E-state index contributed by atoms with van der Waals surface area (Å²) in [5.74, 6) is -2.44. The average molecular weight is 581 g/mol. The first-order valence-electron chi connectivity index (χ1n) is 15.2. The van der Waals surface area contributed by atoms with Gasteiger partial charge in [-0.2, -0.15) is 5.10 Å². The first kappa shape index (κ1) is 28.5. The smallest absolute Gasteiger partial charge is 0.252 e. The number of carbonyl (C=O) groups excluding carboxylic acids is 2. The second-order valence-electron chi connectivity index (χ2n) is 12.1. The number of halogens is 2. The van der Waals surface area contributed by atoms with Gasteiger partial charge in [0.1, 0.15) is 6.10 Å². The molecule has 42 heavy (non-hydrogen) atoms. The average Bonchev–Trinajstić information content (AvgIpc) is 3.70. The van der Waals surface area contributed by atoms with Crippen LogP contribution in [0, 0.1) is 11.8 Å². The highest BCUT2D eigenvalue weighted by atomic mass is 19.3. The van der Waals surface area contributed by atoms with E-state index in [4.69, 9.17) is 9.72 Å². The van der Waals surface area contributed by atoms with Crippen LogP contribution in [-0.2, 0) is 4.79 Å². The summed E-state index contributed by atoms with van der Waals surface area (Å²) in [5, 5.41) is 10.8. The third-order valence-corrected chi connectivity index (χ3v) is 8.78. The van der Waals surface area contributed by atoms with E-state index in [2.05, 4.69) is 20.7 Å². The molecule has 3 aliphatic rings. The van der Waals surface area contributed by atoms with Crippen LogP contribution < -0.4 is 15.4 Å². The maximum Gasteiger partial charge on any atom is 0.252 e. The molecule has 3 aliphatic carbocycles. The molecule has 0 spiro atoms. The number of rotatable bonds is 11. The number of pyridine rings is 1. The van der Waals surface area contributed by atoms with Gasteiger partial charge in [-0.05, 0) is 80.9 Å². The summed E-state index contributed by atoms with van der Waals surface area (Å²) < 4.78 is 35.7. The minimum absolute atomic E-state index is 0.0209. The Balaban J connectivity index is 1.26. The van der Waals surface area contributed by atoms with Gasteiger partial charge in [-0.3, -0.25) is 9.59 Å². The number of nitrogens with zero attached hydrogens (tertiary/aromatic N) is 4. The Bertz CT molecular complexity index is 1430. The van der Waals surface area contributed by atoms with E-state index in [0.29, 0.717) is 35.1 Å². The molecule has 3 saturated carbocycles. The first-order valence-corrected chi connectivity index (χ1v) is 15.2. The first-order chi connectivity index (χ1) is 20.3. The van der Waals surface area contributed by atoms with E-state index < -0.39 is 12.0 Å². The van der Waals surface area contributed by atoms with Crippen molar-refractivity contribution in [1.29, 1.82) is 0 Å². The molecule has 0 radical (unpaired) electrons. The number of aromatic nitrogens is 4. The van der Waals surface area contributed by atoms with Crippen molar-refractivity contribution < 1.29 is 23.1 Å². The van der Waals surface area contributed by atoms with Crippen LogP contribution in [0.1, 0.15) is 111 Å². The zero-order valence-electron chi connectivity index (χ0n) is 23.9. The van der Waals surface area contributed by atoms with Crippen molar-refractivity contribution >= 4 is 17.5 Å². The standard InChI is InChI=1S/C31H38F2N6O3/c1-2-4-26(40)37-28(19-7-8-19)22-15-25-36-24(18-39(25)35-17-22)29(20-9-12-31(32,33)13-10-20)38-30(41)21-11-14-34-27(16-21)42-23-5-3-6-23/h11,14-20,23,28-29H,2-10,12-13H2,1H3,(H,37,40)(H,38,41)/t28-,29+/m1/s1. The lowest BCUT2D eigenvalue weighted by molar-refractivity contribution is -0.122. The van der Waals surface area contributed by atoms with Gasteiger partial charge in [-0.1, -0.05) is 6.92 Å². The van der Waals surface area contributed by atoms with E-state index in [1.54, 1.807) is 35.2 Å². The number of hydrogen-bond acceptors (Lipinski definition) is 6. The molecule has 0 saturated heterocycles. The molecule has 2 N–H and O–H groups in total. The molecule has 6 rings (SSSR count). The molecule has 3 fully saturated rings. The number of imidazole rings is 1. The third-order valence-electron chi connectivity index (χ3n) is 8.78. The Labute approximate surface area is 243 Å². The molecule has 0 aliphatic heterocycles. The molecule has 3 aromatic heterocycles. The predicted molar refractivity (Wildman–Crippen MR) is 151 cm³/mol. The minimum atomic E-state index is -2.70. The Morgan fingerprint density at radius 2 is 1.83 bits per heavy atom. The lowest BCUT2D eigenvalue weighted by Gasteiger charge is -2.33. The summed E-state index contributed by atoms with van der Waals surface area (Å²) in [7, 11) is 0. The number of amides is 2. The molecule has 0 aromatic carbocycles. The van der Waals surface area contributed by atoms with Crippen LogP contribution in [0.4, 0.5) is 8.78 Å². The molecular formula is C31H38F2N6O3. The van der Waals surface area contributed by atoms with Crippen molar-refractivity contribution in [2.24, 2.45) is 11.8 Å². The van der Waals surface area contributed by atoms with Gasteiger partial charge in [0.05, 0.1) is 30.2 Å². The normalized spacial score (nSPS) is 20.5. The van der Waals surface area contributed by atoms with Gasteiger partial charge in [-0.15, -0.1) is 0 Å². The van der Waals surface area contributed by atoms with Gasteiger partial charge >= 0.3 is 0 Å². The number of nitrogens with one attached hydrogen (secondary N) is 2. The summed E-state index contributed by atoms with van der Waals surface area (Å²) >= 11 is 0. The molecule has 3 heterocycles. The van der Waals surface area contributed by atoms with E-state index in [-0.39, 0.29) is 55.6 Å². The Hall–Kier alpha value is -3.63. The molecule has 2 atom stereocenters. The summed E-state index contributed by atoms with van der Waals surface area (Å²) in [4.78, 5) is 35.0. The van der Waals surface area contributed by atoms with Crippen molar-refractivity contribution in [3.63, 3.8) is 0 Å². The van der Waals surface area contributed by atoms with Crippen LogP contribution in [0.2, 0.25) is 0 Å². The van der Waals surface area contributed by atoms with Gasteiger partial charge < -0.3 is 15.4 Å². The molecule has 11 heteroatoms. The summed E-state index contributed by atoms with van der Waals surface area (Å²) in [5.41, 5.74) is 2.43. The monoisotopic (exact) mass is 580 g/mol. The lowest BCUT2D eigenvalue weighted by atomic mass is 9.81. The van der Waals surface area contributed by atoms with E-state index in [0.717, 1.165) is 44.1 Å². The SMILES string of the molecule is CCCC(=O)N[C@@H](c1cnn2cc([C@@H](NC(=O)c3ccnc(OC4CCC4)c3)C3CCC(F)(F)CC3)nc2c1)C1CC1. The molecule has 3 aromatic rings. The van der Waals surface area contributed by atoms with Gasteiger partial charge in [0, 0.05) is 37.1 Å². The largest absolute Gasteiger partial charge is 0.474 e. The topological polar surface area (TPSA) is 111 Å². The Kier molecular flexibility index (Phi) is 8.09. The van der Waals surface area contributed by atoms with Crippen LogP contribution in [-0.4, -0.2) is 43.4 Å². The van der Waals surface area contributed by atoms with Crippen LogP contribution in [0.5, 0.6) is 5.88 Å². The number of fused-ring (bicyclic) bond motifs is 1. The van der Waals surface area contributed by atoms with Crippen LogP contribution in [0.3, 0.4) is 0 Å². The van der Waals surface area contributed by atoms with Crippen molar-refractivity contribution in [1.82, 2.24) is 30.2 Å². The van der Waals surface area contributed by atoms with Crippen molar-refractivity contribution in [2.45, 2.75) is 102 Å². The van der Waals surface area contributed by atoms with Crippen LogP contribution in [0.15, 0.2) is 36.8 Å². The molecule has 9 nitrogen and oxygen atoms in total. The fraction of sp³-hybridized carbons (Fsp3) is 0.581. The van der Waals surface area contributed by atoms with Crippen molar-refractivity contribution in [3.05, 3.63) is 53.6 Å². The fourth-order valence-electron chi connectivity index (χ4n) is 5.93. The molecule has 2 amide bonds. The molecule has 224 valence electrons. The zero-order valence-corrected chi connectivity index (χ0v) is 23.9. The van der Waals surface area contributed by atoms with Crippen molar-refractivity contribution in [3.8, 4) is 5.88 Å².